The lowest BCUT2D eigenvalue weighted by molar-refractivity contribution is 0.183. The fourth-order valence-corrected chi connectivity index (χ4v) is 2.17. The maximum absolute atomic E-state index is 11.5. The van der Waals surface area contributed by atoms with Gasteiger partial charge in [0.15, 0.2) is 0 Å². The maximum Gasteiger partial charge on any atom is 0.314 e. The van der Waals surface area contributed by atoms with Crippen LogP contribution in [-0.4, -0.2) is 36.9 Å². The number of aliphatic hydroxyl groups excluding tert-OH is 1. The smallest absolute Gasteiger partial charge is 0.314 e. The second-order valence-electron chi connectivity index (χ2n) is 5.11. The molecular weight excluding hydrogens is 256 g/mol. The molecule has 1 aliphatic heterocycles. The highest BCUT2D eigenvalue weighted by atomic mass is 16.5. The molecule has 1 aromatic carbocycles. The fraction of sp³-hybridized carbons (Fsp3) is 0.533. The van der Waals surface area contributed by atoms with E-state index >= 15 is 0 Å². The van der Waals surface area contributed by atoms with E-state index in [1.807, 2.05) is 12.1 Å². The van der Waals surface area contributed by atoms with Crippen LogP contribution in [0.5, 0.6) is 5.75 Å². The van der Waals surface area contributed by atoms with E-state index in [0.29, 0.717) is 19.5 Å². The van der Waals surface area contributed by atoms with Crippen molar-refractivity contribution in [1.82, 2.24) is 10.6 Å². The highest BCUT2D eigenvalue weighted by Crippen LogP contribution is 2.25. The van der Waals surface area contributed by atoms with Gasteiger partial charge in [0.2, 0.25) is 0 Å². The van der Waals surface area contributed by atoms with Crippen LogP contribution in [0.2, 0.25) is 0 Å². The molecule has 0 fully saturated rings. The fourth-order valence-electron chi connectivity index (χ4n) is 2.17. The van der Waals surface area contributed by atoms with Gasteiger partial charge < -0.3 is 20.5 Å². The number of carbonyl (C=O) groups excluding carboxylic acids is 1. The quantitative estimate of drug-likeness (QED) is 0.733. The van der Waals surface area contributed by atoms with Crippen LogP contribution in [0.3, 0.4) is 0 Å². The molecule has 5 nitrogen and oxygen atoms in total. The van der Waals surface area contributed by atoms with E-state index < -0.39 is 0 Å². The van der Waals surface area contributed by atoms with E-state index in [9.17, 15) is 4.79 Å². The van der Waals surface area contributed by atoms with Gasteiger partial charge in [-0.05, 0) is 37.0 Å². The lowest BCUT2D eigenvalue weighted by Crippen LogP contribution is -2.37. The molecule has 1 aromatic rings. The number of fused-ring (bicyclic) bond motifs is 1. The summed E-state index contributed by atoms with van der Waals surface area (Å²) in [5.41, 5.74) is 2.46. The normalized spacial score (nSPS) is 14.3. The lowest BCUT2D eigenvalue weighted by atomic mass is 10.1. The third-order valence-electron chi connectivity index (χ3n) is 3.30. The van der Waals surface area contributed by atoms with Gasteiger partial charge in [-0.3, -0.25) is 0 Å². The lowest BCUT2D eigenvalue weighted by Gasteiger charge is -2.09. The van der Waals surface area contributed by atoms with Gasteiger partial charge in [-0.2, -0.15) is 0 Å². The average Bonchev–Trinajstić information content (AvgIpc) is 2.85. The van der Waals surface area contributed by atoms with Gasteiger partial charge in [0.05, 0.1) is 12.7 Å². The summed E-state index contributed by atoms with van der Waals surface area (Å²) in [6.07, 6.45) is 1.95. The Kier molecular flexibility index (Phi) is 5.24. The number of aliphatic hydroxyl groups is 1. The highest BCUT2D eigenvalue weighted by Gasteiger charge is 2.11. The summed E-state index contributed by atoms with van der Waals surface area (Å²) in [7, 11) is 0. The molecule has 20 heavy (non-hydrogen) atoms. The SMILES string of the molecule is CC(O)CCNC(=O)NCCc1ccc2c(c1)CCO2. The van der Waals surface area contributed by atoms with Gasteiger partial charge in [-0.15, -0.1) is 0 Å². The molecule has 5 heteroatoms. The van der Waals surface area contributed by atoms with Crippen molar-refractivity contribution >= 4 is 6.03 Å². The third kappa shape index (κ3) is 4.42. The van der Waals surface area contributed by atoms with Crippen molar-refractivity contribution in [2.24, 2.45) is 0 Å². The average molecular weight is 278 g/mol. The number of rotatable bonds is 6. The van der Waals surface area contributed by atoms with E-state index in [-0.39, 0.29) is 12.1 Å². The Morgan fingerprint density at radius 1 is 1.40 bits per heavy atom. The molecule has 1 aliphatic rings. The molecule has 1 heterocycles. The van der Waals surface area contributed by atoms with Gasteiger partial charge in [-0.1, -0.05) is 12.1 Å². The first-order chi connectivity index (χ1) is 9.65. The van der Waals surface area contributed by atoms with Crippen molar-refractivity contribution in [2.75, 3.05) is 19.7 Å². The number of hydrogen-bond donors (Lipinski definition) is 3. The maximum atomic E-state index is 11.5. The van der Waals surface area contributed by atoms with Crippen LogP contribution in [0.4, 0.5) is 4.79 Å². The summed E-state index contributed by atoms with van der Waals surface area (Å²) in [4.78, 5) is 11.5. The minimum absolute atomic E-state index is 0.185. The first kappa shape index (κ1) is 14.7. The van der Waals surface area contributed by atoms with Gasteiger partial charge in [0, 0.05) is 19.5 Å². The van der Waals surface area contributed by atoms with Gasteiger partial charge >= 0.3 is 6.03 Å². The van der Waals surface area contributed by atoms with Crippen LogP contribution in [0, 0.1) is 0 Å². The summed E-state index contributed by atoms with van der Waals surface area (Å²) in [6.45, 7) is 3.56. The van der Waals surface area contributed by atoms with Crippen LogP contribution in [0.15, 0.2) is 18.2 Å². The number of nitrogens with one attached hydrogen (secondary N) is 2. The molecule has 0 saturated heterocycles. The number of benzene rings is 1. The van der Waals surface area contributed by atoms with Crippen LogP contribution in [-0.2, 0) is 12.8 Å². The van der Waals surface area contributed by atoms with Crippen molar-refractivity contribution < 1.29 is 14.6 Å². The summed E-state index contributed by atoms with van der Waals surface area (Å²) in [6, 6.07) is 6.00. The predicted molar refractivity (Wildman–Crippen MR) is 77.0 cm³/mol. The zero-order chi connectivity index (χ0) is 14.4. The van der Waals surface area contributed by atoms with Crippen LogP contribution in [0.1, 0.15) is 24.5 Å². The Hall–Kier alpha value is -1.75. The summed E-state index contributed by atoms with van der Waals surface area (Å²) < 4.78 is 5.46. The van der Waals surface area contributed by atoms with E-state index in [4.69, 9.17) is 9.84 Å². The Bertz CT molecular complexity index is 460. The van der Waals surface area contributed by atoms with Crippen LogP contribution < -0.4 is 15.4 Å². The number of amides is 2. The van der Waals surface area contributed by atoms with Crippen molar-refractivity contribution in [3.8, 4) is 5.75 Å². The van der Waals surface area contributed by atoms with Gasteiger partial charge in [0.1, 0.15) is 5.75 Å². The van der Waals surface area contributed by atoms with Crippen LogP contribution in [0.25, 0.3) is 0 Å². The van der Waals surface area contributed by atoms with E-state index in [0.717, 1.165) is 25.2 Å². The summed E-state index contributed by atoms with van der Waals surface area (Å²) in [5, 5.41) is 14.6. The molecule has 2 amide bonds. The Morgan fingerprint density at radius 2 is 2.20 bits per heavy atom. The highest BCUT2D eigenvalue weighted by molar-refractivity contribution is 5.73. The molecule has 0 aliphatic carbocycles. The number of ether oxygens (including phenoxy) is 1. The molecule has 1 atom stereocenters. The van der Waals surface area contributed by atoms with Crippen molar-refractivity contribution in [2.45, 2.75) is 32.3 Å². The number of carbonyl (C=O) groups is 1. The molecule has 110 valence electrons. The largest absolute Gasteiger partial charge is 0.493 e. The molecule has 0 bridgehead atoms. The first-order valence-corrected chi connectivity index (χ1v) is 7.09. The van der Waals surface area contributed by atoms with E-state index in [1.165, 1.54) is 11.1 Å². The molecule has 3 N–H and O–H groups in total. The molecule has 0 saturated carbocycles. The first-order valence-electron chi connectivity index (χ1n) is 7.09. The Labute approximate surface area is 119 Å². The Morgan fingerprint density at radius 3 is 3.00 bits per heavy atom. The van der Waals surface area contributed by atoms with E-state index in [1.54, 1.807) is 6.92 Å². The molecule has 0 radical (unpaired) electrons. The molecule has 0 aromatic heterocycles. The summed E-state index contributed by atoms with van der Waals surface area (Å²) >= 11 is 0. The molecular formula is C15H22N2O3. The second kappa shape index (κ2) is 7.14. The molecule has 2 rings (SSSR count). The van der Waals surface area contributed by atoms with Crippen LogP contribution >= 0.6 is 0 Å². The third-order valence-corrected chi connectivity index (χ3v) is 3.30. The number of hydrogen-bond acceptors (Lipinski definition) is 3. The van der Waals surface area contributed by atoms with Crippen molar-refractivity contribution in [1.29, 1.82) is 0 Å². The summed E-state index contributed by atoms with van der Waals surface area (Å²) in [5.74, 6) is 0.984. The minimum Gasteiger partial charge on any atom is -0.493 e. The topological polar surface area (TPSA) is 70.6 Å². The second-order valence-corrected chi connectivity index (χ2v) is 5.11. The van der Waals surface area contributed by atoms with Crippen molar-refractivity contribution in [3.05, 3.63) is 29.3 Å². The Balaban J connectivity index is 1.66. The van der Waals surface area contributed by atoms with Gasteiger partial charge in [-0.25, -0.2) is 4.79 Å². The van der Waals surface area contributed by atoms with Gasteiger partial charge in [0.25, 0.3) is 0 Å². The predicted octanol–water partition coefficient (Wildman–Crippen LogP) is 1.23. The zero-order valence-corrected chi connectivity index (χ0v) is 11.8. The molecule has 0 spiro atoms. The van der Waals surface area contributed by atoms with Crippen molar-refractivity contribution in [3.63, 3.8) is 0 Å². The monoisotopic (exact) mass is 278 g/mol. The number of urea groups is 1. The standard InChI is InChI=1S/C15H22N2O3/c1-11(18)4-7-16-15(19)17-8-5-12-2-3-14-13(10-12)6-9-20-14/h2-3,10-11,18H,4-9H2,1H3,(H2,16,17,19). The molecule has 1 unspecified atom stereocenters. The minimum atomic E-state index is -0.385. The van der Waals surface area contributed by atoms with E-state index in [2.05, 4.69) is 16.7 Å². The zero-order valence-electron chi connectivity index (χ0n) is 11.8.